The fourth-order valence-corrected chi connectivity index (χ4v) is 2.50. The van der Waals surface area contributed by atoms with Crippen molar-refractivity contribution < 1.29 is 19.1 Å². The summed E-state index contributed by atoms with van der Waals surface area (Å²) in [5.74, 6) is -0.572. The molecule has 10 heteroatoms. The molecule has 2 rings (SSSR count). The summed E-state index contributed by atoms with van der Waals surface area (Å²) in [6.07, 6.45) is 0. The van der Waals surface area contributed by atoms with Crippen LogP contribution in [0, 0.1) is 3.57 Å². The van der Waals surface area contributed by atoms with Crippen molar-refractivity contribution in [3.8, 4) is 22.8 Å². The predicted octanol–water partition coefficient (Wildman–Crippen LogP) is 0.0479. The molecule has 0 fully saturated rings. The third-order valence-electron chi connectivity index (χ3n) is 2.64. The largest absolute Gasteiger partial charge is 0.493 e. The minimum absolute atomic E-state index is 0.0173. The Balaban J connectivity index is 2.47. The van der Waals surface area contributed by atoms with Gasteiger partial charge in [-0.15, -0.1) is 0 Å². The van der Waals surface area contributed by atoms with Crippen LogP contribution in [0.25, 0.3) is 11.3 Å². The molecule has 0 radical (unpaired) electrons. The molecule has 116 valence electrons. The average molecular weight is 417 g/mol. The lowest BCUT2D eigenvalue weighted by atomic mass is 10.1. The molecule has 2 amide bonds. The number of carbonyl (C=O) groups excluding carboxylic acids is 2. The van der Waals surface area contributed by atoms with Crippen LogP contribution < -0.4 is 20.9 Å². The third-order valence-corrected chi connectivity index (χ3v) is 3.44. The quantitative estimate of drug-likeness (QED) is 0.566. The Hall–Kier alpha value is -2.37. The highest BCUT2D eigenvalue weighted by atomic mass is 127. The SMILES string of the molecule is COc1cc(-c2n[nH]nc2C(N)=O)cc(I)c1OCC(N)=O. The molecule has 1 aromatic heterocycles. The zero-order valence-electron chi connectivity index (χ0n) is 11.4. The Bertz CT molecular complexity index is 730. The van der Waals surface area contributed by atoms with Crippen molar-refractivity contribution in [2.75, 3.05) is 13.7 Å². The number of benzene rings is 1. The van der Waals surface area contributed by atoms with Crippen molar-refractivity contribution in [1.29, 1.82) is 0 Å². The summed E-state index contributed by atoms with van der Waals surface area (Å²) >= 11 is 2.00. The van der Waals surface area contributed by atoms with Crippen LogP contribution in [0.15, 0.2) is 12.1 Å². The van der Waals surface area contributed by atoms with E-state index in [-0.39, 0.29) is 12.3 Å². The summed E-state index contributed by atoms with van der Waals surface area (Å²) < 4.78 is 11.2. The Morgan fingerprint density at radius 2 is 2.05 bits per heavy atom. The van der Waals surface area contributed by atoms with Crippen molar-refractivity contribution in [2.45, 2.75) is 0 Å². The molecule has 0 aliphatic carbocycles. The lowest BCUT2D eigenvalue weighted by Crippen LogP contribution is -2.20. The normalized spacial score (nSPS) is 10.3. The first-order chi connectivity index (χ1) is 10.4. The van der Waals surface area contributed by atoms with E-state index in [0.29, 0.717) is 26.3 Å². The van der Waals surface area contributed by atoms with Crippen LogP contribution in [0.4, 0.5) is 0 Å². The first-order valence-corrected chi connectivity index (χ1v) is 7.01. The van der Waals surface area contributed by atoms with E-state index in [4.69, 9.17) is 20.9 Å². The van der Waals surface area contributed by atoms with Gasteiger partial charge < -0.3 is 20.9 Å². The number of carbonyl (C=O) groups is 2. The number of aromatic amines is 1. The number of primary amides is 2. The number of amides is 2. The van der Waals surface area contributed by atoms with Gasteiger partial charge >= 0.3 is 0 Å². The molecule has 0 aliphatic rings. The Morgan fingerprint density at radius 1 is 1.32 bits per heavy atom. The van der Waals surface area contributed by atoms with E-state index in [0.717, 1.165) is 0 Å². The van der Waals surface area contributed by atoms with E-state index in [1.807, 2.05) is 22.6 Å². The first-order valence-electron chi connectivity index (χ1n) is 5.93. The van der Waals surface area contributed by atoms with Crippen molar-refractivity contribution in [1.82, 2.24) is 15.4 Å². The number of ether oxygens (including phenoxy) is 2. The van der Waals surface area contributed by atoms with Gasteiger partial charge in [-0.25, -0.2) is 0 Å². The van der Waals surface area contributed by atoms with Crippen LogP contribution in [0.1, 0.15) is 10.5 Å². The van der Waals surface area contributed by atoms with E-state index in [1.165, 1.54) is 7.11 Å². The first kappa shape index (κ1) is 16.0. The summed E-state index contributed by atoms with van der Waals surface area (Å²) in [5.41, 5.74) is 11.2. The maximum atomic E-state index is 11.3. The number of methoxy groups -OCH3 is 1. The molecule has 0 saturated carbocycles. The van der Waals surface area contributed by atoms with E-state index in [9.17, 15) is 9.59 Å². The molecular formula is C12H12IN5O4. The summed E-state index contributed by atoms with van der Waals surface area (Å²) in [7, 11) is 1.45. The topological polar surface area (TPSA) is 146 Å². The van der Waals surface area contributed by atoms with Crippen LogP contribution >= 0.6 is 22.6 Å². The molecule has 0 saturated heterocycles. The van der Waals surface area contributed by atoms with Crippen molar-refractivity contribution in [2.24, 2.45) is 11.5 Å². The van der Waals surface area contributed by atoms with E-state index in [1.54, 1.807) is 12.1 Å². The van der Waals surface area contributed by atoms with Gasteiger partial charge in [-0.1, -0.05) is 0 Å². The smallest absolute Gasteiger partial charge is 0.271 e. The van der Waals surface area contributed by atoms with Gasteiger partial charge in [-0.2, -0.15) is 15.4 Å². The number of aromatic nitrogens is 3. The van der Waals surface area contributed by atoms with Gasteiger partial charge in [0.15, 0.2) is 23.8 Å². The van der Waals surface area contributed by atoms with Crippen molar-refractivity contribution in [3.63, 3.8) is 0 Å². The van der Waals surface area contributed by atoms with Crippen molar-refractivity contribution in [3.05, 3.63) is 21.4 Å². The highest BCUT2D eigenvalue weighted by molar-refractivity contribution is 14.1. The highest BCUT2D eigenvalue weighted by Gasteiger charge is 2.19. The summed E-state index contributed by atoms with van der Waals surface area (Å²) in [5, 5.41) is 9.98. The number of hydrogen-bond donors (Lipinski definition) is 3. The summed E-state index contributed by atoms with van der Waals surface area (Å²) in [4.78, 5) is 22.2. The maximum Gasteiger partial charge on any atom is 0.271 e. The molecule has 0 aliphatic heterocycles. The number of nitrogens with two attached hydrogens (primary N) is 2. The van der Waals surface area contributed by atoms with Gasteiger partial charge in [0, 0.05) is 5.56 Å². The van der Waals surface area contributed by atoms with Gasteiger partial charge in [0.1, 0.15) is 5.69 Å². The predicted molar refractivity (Wildman–Crippen MR) is 84.3 cm³/mol. The minimum atomic E-state index is -0.702. The standard InChI is InChI=1S/C12H12IN5O4/c1-21-7-3-5(9-10(12(15)20)17-18-16-9)2-6(13)11(7)22-4-8(14)19/h2-3H,4H2,1H3,(H2,14,19)(H2,15,20)(H,16,17,18). The third kappa shape index (κ3) is 3.27. The van der Waals surface area contributed by atoms with E-state index in [2.05, 4.69) is 15.4 Å². The molecular weight excluding hydrogens is 405 g/mol. The fourth-order valence-electron chi connectivity index (χ4n) is 1.74. The van der Waals surface area contributed by atoms with E-state index >= 15 is 0 Å². The van der Waals surface area contributed by atoms with Gasteiger partial charge in [0.05, 0.1) is 10.7 Å². The number of halogens is 1. The van der Waals surface area contributed by atoms with Crippen molar-refractivity contribution >= 4 is 34.4 Å². The van der Waals surface area contributed by atoms with Crippen LogP contribution in [0.5, 0.6) is 11.5 Å². The second-order valence-corrected chi connectivity index (χ2v) is 5.29. The van der Waals surface area contributed by atoms with Crippen LogP contribution in [-0.4, -0.2) is 40.9 Å². The summed E-state index contributed by atoms with van der Waals surface area (Å²) in [6.45, 7) is -0.276. The second-order valence-electron chi connectivity index (χ2n) is 4.13. The molecule has 0 spiro atoms. The fraction of sp³-hybridized carbons (Fsp3) is 0.167. The van der Waals surface area contributed by atoms with Crippen LogP contribution in [0.2, 0.25) is 0 Å². The molecule has 0 unspecified atom stereocenters. The average Bonchev–Trinajstić information content (AvgIpc) is 2.94. The Kier molecular flexibility index (Phi) is 4.80. The molecule has 0 atom stereocenters. The highest BCUT2D eigenvalue weighted by Crippen LogP contribution is 2.37. The molecule has 5 N–H and O–H groups in total. The lowest BCUT2D eigenvalue weighted by molar-refractivity contribution is -0.119. The van der Waals surface area contributed by atoms with Crippen LogP contribution in [-0.2, 0) is 4.79 Å². The van der Waals surface area contributed by atoms with Gasteiger partial charge in [0.25, 0.3) is 11.8 Å². The summed E-state index contributed by atoms with van der Waals surface area (Å²) in [6, 6.07) is 3.30. The number of nitrogens with one attached hydrogen (secondary N) is 1. The number of hydrogen-bond acceptors (Lipinski definition) is 6. The molecule has 0 bridgehead atoms. The van der Waals surface area contributed by atoms with E-state index < -0.39 is 11.8 Å². The number of nitrogens with zero attached hydrogens (tertiary/aromatic N) is 2. The number of rotatable bonds is 6. The molecule has 22 heavy (non-hydrogen) atoms. The molecule has 1 heterocycles. The second kappa shape index (κ2) is 6.60. The Labute approximate surface area is 138 Å². The zero-order valence-corrected chi connectivity index (χ0v) is 13.6. The van der Waals surface area contributed by atoms with Gasteiger partial charge in [-0.05, 0) is 34.7 Å². The zero-order chi connectivity index (χ0) is 16.3. The molecule has 2 aromatic rings. The molecule has 1 aromatic carbocycles. The number of H-pyrrole nitrogens is 1. The minimum Gasteiger partial charge on any atom is -0.493 e. The van der Waals surface area contributed by atoms with Gasteiger partial charge in [0.2, 0.25) is 0 Å². The monoisotopic (exact) mass is 417 g/mol. The maximum absolute atomic E-state index is 11.3. The van der Waals surface area contributed by atoms with Crippen LogP contribution in [0.3, 0.4) is 0 Å². The molecule has 9 nitrogen and oxygen atoms in total. The van der Waals surface area contributed by atoms with Gasteiger partial charge in [-0.3, -0.25) is 9.59 Å². The Morgan fingerprint density at radius 3 is 2.64 bits per heavy atom. The lowest BCUT2D eigenvalue weighted by Gasteiger charge is -2.13.